The first-order chi connectivity index (χ1) is 8.20. The first kappa shape index (κ1) is 19.5. The van der Waals surface area contributed by atoms with Gasteiger partial charge in [0, 0.05) is 5.57 Å². The van der Waals surface area contributed by atoms with Crippen LogP contribution in [0.25, 0.3) is 0 Å². The molecular weight excluding hydrogens is 254 g/mol. The number of nitrogens with two attached hydrogens (primary N) is 1. The van der Waals surface area contributed by atoms with Gasteiger partial charge in [-0.15, -0.1) is 0 Å². The zero-order valence-corrected chi connectivity index (χ0v) is 12.1. The molecule has 0 fully saturated rings. The summed E-state index contributed by atoms with van der Waals surface area (Å²) < 4.78 is 28.9. The molecule has 0 spiro atoms. The number of carbonyl (C=O) groups is 1. The van der Waals surface area contributed by atoms with Gasteiger partial charge in [0.1, 0.15) is 0 Å². The Morgan fingerprint density at radius 1 is 1.17 bits per heavy atom. The van der Waals surface area contributed by atoms with E-state index in [-0.39, 0.29) is 5.75 Å². The van der Waals surface area contributed by atoms with Crippen LogP contribution in [-0.4, -0.2) is 24.6 Å². The molecule has 0 aromatic carbocycles. The van der Waals surface area contributed by atoms with E-state index in [1.54, 1.807) is 6.92 Å². The molecule has 0 bridgehead atoms. The van der Waals surface area contributed by atoms with Gasteiger partial charge in [-0.05, 0) is 13.3 Å². The summed E-state index contributed by atoms with van der Waals surface area (Å²) in [5.74, 6) is -0.519. The van der Waals surface area contributed by atoms with E-state index in [2.05, 4.69) is 13.5 Å². The molecule has 0 aliphatic rings. The van der Waals surface area contributed by atoms with Gasteiger partial charge in [0.2, 0.25) is 5.91 Å². The minimum Gasteiger partial charge on any atom is -0.366 e. The molecule has 0 aromatic rings. The Hall–Kier alpha value is -0.880. The number of hydrogen-bond donors (Lipinski definition) is 2. The summed E-state index contributed by atoms with van der Waals surface area (Å²) >= 11 is 0. The lowest BCUT2D eigenvalue weighted by Gasteiger charge is -1.98. The van der Waals surface area contributed by atoms with Gasteiger partial charge in [0.25, 0.3) is 10.1 Å². The third-order valence-corrected chi connectivity index (χ3v) is 2.98. The normalized spacial score (nSPS) is 10.4. The molecule has 3 N–H and O–H groups in total. The summed E-state index contributed by atoms with van der Waals surface area (Å²) in [5.41, 5.74) is 5.09. The smallest absolute Gasteiger partial charge is 0.264 e. The molecule has 0 heterocycles. The molecule has 1 amide bonds. The topological polar surface area (TPSA) is 97.5 Å². The monoisotopic (exact) mass is 279 g/mol. The highest BCUT2D eigenvalue weighted by Crippen LogP contribution is 2.05. The van der Waals surface area contributed by atoms with E-state index >= 15 is 0 Å². The summed E-state index contributed by atoms with van der Waals surface area (Å²) in [7, 11) is -3.72. The molecule has 0 unspecified atom stereocenters. The molecule has 0 aromatic heterocycles. The van der Waals surface area contributed by atoms with Crippen LogP contribution >= 0.6 is 0 Å². The van der Waals surface area contributed by atoms with Crippen LogP contribution < -0.4 is 5.73 Å². The first-order valence-corrected chi connectivity index (χ1v) is 7.72. The van der Waals surface area contributed by atoms with Crippen molar-refractivity contribution in [3.05, 3.63) is 12.2 Å². The number of carbonyl (C=O) groups excluding carboxylic acids is 1. The van der Waals surface area contributed by atoms with Crippen LogP contribution in [0.4, 0.5) is 0 Å². The summed E-state index contributed by atoms with van der Waals surface area (Å²) in [6.07, 6.45) is 6.14. The average molecular weight is 279 g/mol. The lowest BCUT2D eigenvalue weighted by molar-refractivity contribution is -0.114. The molecule has 5 nitrogen and oxygen atoms in total. The summed E-state index contributed by atoms with van der Waals surface area (Å²) in [6.45, 7) is 6.99. The lowest BCUT2D eigenvalue weighted by Crippen LogP contribution is -2.10. The number of rotatable bonds is 8. The van der Waals surface area contributed by atoms with Gasteiger partial charge in [0.05, 0.1) is 5.75 Å². The van der Waals surface area contributed by atoms with E-state index in [0.717, 1.165) is 12.8 Å². The molecule has 0 saturated heterocycles. The fourth-order valence-electron chi connectivity index (χ4n) is 1.06. The van der Waals surface area contributed by atoms with Crippen LogP contribution in [-0.2, 0) is 14.9 Å². The number of amides is 1. The second-order valence-corrected chi connectivity index (χ2v) is 5.77. The van der Waals surface area contributed by atoms with Crippen LogP contribution in [0.1, 0.15) is 52.4 Å². The minimum absolute atomic E-state index is 0.0842. The van der Waals surface area contributed by atoms with Crippen LogP contribution in [0, 0.1) is 0 Å². The van der Waals surface area contributed by atoms with Crippen molar-refractivity contribution >= 4 is 16.0 Å². The van der Waals surface area contributed by atoms with Crippen molar-refractivity contribution < 1.29 is 17.8 Å². The second-order valence-electron chi connectivity index (χ2n) is 4.20. The SMILES string of the molecule is C=C(C)C(N)=O.CCCCCCCCS(=O)(=O)O. The van der Waals surface area contributed by atoms with E-state index < -0.39 is 16.0 Å². The Morgan fingerprint density at radius 2 is 1.56 bits per heavy atom. The highest BCUT2D eigenvalue weighted by Gasteiger charge is 2.02. The van der Waals surface area contributed by atoms with Gasteiger partial charge in [-0.1, -0.05) is 45.6 Å². The van der Waals surface area contributed by atoms with E-state index in [9.17, 15) is 13.2 Å². The molecule has 0 aliphatic carbocycles. The fraction of sp³-hybridized carbons (Fsp3) is 0.750. The van der Waals surface area contributed by atoms with Gasteiger partial charge in [0.15, 0.2) is 0 Å². The maximum Gasteiger partial charge on any atom is 0.264 e. The molecule has 0 saturated carbocycles. The minimum atomic E-state index is -3.72. The first-order valence-electron chi connectivity index (χ1n) is 6.11. The van der Waals surface area contributed by atoms with Crippen molar-refractivity contribution in [2.45, 2.75) is 52.4 Å². The van der Waals surface area contributed by atoms with Gasteiger partial charge in [-0.25, -0.2) is 0 Å². The molecule has 108 valence electrons. The summed E-state index contributed by atoms with van der Waals surface area (Å²) in [4.78, 5) is 9.82. The Kier molecular flexibility index (Phi) is 12.1. The van der Waals surface area contributed by atoms with E-state index in [0.29, 0.717) is 12.0 Å². The van der Waals surface area contributed by atoms with Crippen molar-refractivity contribution in [3.63, 3.8) is 0 Å². The second kappa shape index (κ2) is 11.2. The third-order valence-electron chi connectivity index (χ3n) is 2.18. The maximum absolute atomic E-state index is 10.3. The molecular formula is C12H25NO4S. The van der Waals surface area contributed by atoms with Crippen LogP contribution in [0.5, 0.6) is 0 Å². The number of unbranched alkanes of at least 4 members (excludes halogenated alkanes) is 5. The molecule has 0 radical (unpaired) electrons. The van der Waals surface area contributed by atoms with Gasteiger partial charge in [-0.3, -0.25) is 9.35 Å². The van der Waals surface area contributed by atoms with Crippen molar-refractivity contribution in [1.82, 2.24) is 0 Å². The lowest BCUT2D eigenvalue weighted by atomic mass is 10.1. The fourth-order valence-corrected chi connectivity index (χ4v) is 1.63. The predicted molar refractivity (Wildman–Crippen MR) is 73.8 cm³/mol. The third kappa shape index (κ3) is 20.5. The van der Waals surface area contributed by atoms with Gasteiger partial charge >= 0.3 is 0 Å². The Bertz CT molecular complexity index is 324. The van der Waals surface area contributed by atoms with Crippen LogP contribution in [0.15, 0.2) is 12.2 Å². The maximum atomic E-state index is 10.3. The molecule has 0 rings (SSSR count). The van der Waals surface area contributed by atoms with Crippen LogP contribution in [0.3, 0.4) is 0 Å². The Morgan fingerprint density at radius 3 is 1.89 bits per heavy atom. The highest BCUT2D eigenvalue weighted by atomic mass is 32.2. The summed E-state index contributed by atoms with van der Waals surface area (Å²) in [5, 5.41) is 0. The molecule has 0 aliphatic heterocycles. The van der Waals surface area contributed by atoms with Crippen LogP contribution in [0.2, 0.25) is 0 Å². The quantitative estimate of drug-likeness (QED) is 0.404. The van der Waals surface area contributed by atoms with Crippen molar-refractivity contribution in [3.8, 4) is 0 Å². The number of hydrogen-bond acceptors (Lipinski definition) is 3. The van der Waals surface area contributed by atoms with E-state index in [1.807, 2.05) is 0 Å². The van der Waals surface area contributed by atoms with Gasteiger partial charge in [-0.2, -0.15) is 8.42 Å². The Balaban J connectivity index is 0. The van der Waals surface area contributed by atoms with Crippen molar-refractivity contribution in [2.75, 3.05) is 5.75 Å². The zero-order chi connectivity index (χ0) is 14.6. The van der Waals surface area contributed by atoms with E-state index in [1.165, 1.54) is 19.3 Å². The van der Waals surface area contributed by atoms with Crippen molar-refractivity contribution in [1.29, 1.82) is 0 Å². The predicted octanol–water partition coefficient (Wildman–Crippen LogP) is 2.28. The molecule has 18 heavy (non-hydrogen) atoms. The van der Waals surface area contributed by atoms with Crippen molar-refractivity contribution in [2.24, 2.45) is 5.73 Å². The Labute approximate surface area is 110 Å². The van der Waals surface area contributed by atoms with Gasteiger partial charge < -0.3 is 5.73 Å². The summed E-state index contributed by atoms with van der Waals surface area (Å²) in [6, 6.07) is 0. The average Bonchev–Trinajstić information content (AvgIpc) is 2.22. The zero-order valence-electron chi connectivity index (χ0n) is 11.3. The highest BCUT2D eigenvalue weighted by molar-refractivity contribution is 7.85. The molecule has 6 heteroatoms. The standard InChI is InChI=1S/C8H18O3S.C4H7NO/c1-2-3-4-5-6-7-8-12(9,10)11;1-3(2)4(5)6/h2-8H2,1H3,(H,9,10,11);1H2,2H3,(H2,5,6). The number of primary amides is 1. The largest absolute Gasteiger partial charge is 0.366 e. The van der Waals surface area contributed by atoms with E-state index in [4.69, 9.17) is 10.3 Å². The molecule has 0 atom stereocenters.